The van der Waals surface area contributed by atoms with Crippen molar-refractivity contribution in [3.8, 4) is 17.4 Å². The normalized spacial score (nSPS) is 10.0. The van der Waals surface area contributed by atoms with Crippen LogP contribution in [0.3, 0.4) is 0 Å². The van der Waals surface area contributed by atoms with Crippen LogP contribution in [0.4, 0.5) is 5.82 Å². The van der Waals surface area contributed by atoms with Gasteiger partial charge in [0.05, 0.1) is 19.0 Å². The van der Waals surface area contributed by atoms with Gasteiger partial charge in [0.25, 0.3) is 0 Å². The summed E-state index contributed by atoms with van der Waals surface area (Å²) < 4.78 is 11.0. The molecular formula is C14H17N3O2. The average Bonchev–Trinajstić information content (AvgIpc) is 2.42. The molecule has 5 heteroatoms. The summed E-state index contributed by atoms with van der Waals surface area (Å²) in [4.78, 5) is 8.36. The fourth-order valence-corrected chi connectivity index (χ4v) is 1.55. The van der Waals surface area contributed by atoms with Crippen molar-refractivity contribution in [2.24, 2.45) is 0 Å². The molecule has 0 aliphatic rings. The second-order valence-electron chi connectivity index (χ2n) is 3.78. The number of nitrogens with zero attached hydrogens (tertiary/aromatic N) is 2. The van der Waals surface area contributed by atoms with Crippen LogP contribution in [-0.2, 0) is 0 Å². The molecule has 1 N–H and O–H groups in total. The smallest absolute Gasteiger partial charge is 0.239 e. The van der Waals surface area contributed by atoms with Gasteiger partial charge in [-0.3, -0.25) is 4.98 Å². The molecule has 5 nitrogen and oxygen atoms in total. The number of ether oxygens (including phenoxy) is 2. The molecule has 0 bridgehead atoms. The van der Waals surface area contributed by atoms with Gasteiger partial charge in [-0.15, -0.1) is 0 Å². The summed E-state index contributed by atoms with van der Waals surface area (Å²) in [5.41, 5.74) is 0. The molecular weight excluding hydrogens is 242 g/mol. The van der Waals surface area contributed by atoms with Crippen molar-refractivity contribution in [2.45, 2.75) is 13.8 Å². The Balaban J connectivity index is 2.05. The van der Waals surface area contributed by atoms with E-state index in [1.165, 1.54) is 0 Å². The summed E-state index contributed by atoms with van der Waals surface area (Å²) in [5, 5.41) is 3.09. The molecule has 0 saturated heterocycles. The van der Waals surface area contributed by atoms with Gasteiger partial charge in [0, 0.05) is 6.54 Å². The van der Waals surface area contributed by atoms with Crippen LogP contribution in [0.5, 0.6) is 17.4 Å². The van der Waals surface area contributed by atoms with E-state index in [1.807, 2.05) is 38.1 Å². The van der Waals surface area contributed by atoms with E-state index in [0.29, 0.717) is 24.1 Å². The predicted molar refractivity (Wildman–Crippen MR) is 73.9 cm³/mol. The van der Waals surface area contributed by atoms with E-state index >= 15 is 0 Å². The molecule has 0 fully saturated rings. The van der Waals surface area contributed by atoms with E-state index in [-0.39, 0.29) is 0 Å². The maximum atomic E-state index is 5.63. The van der Waals surface area contributed by atoms with Crippen molar-refractivity contribution in [3.63, 3.8) is 0 Å². The maximum Gasteiger partial charge on any atom is 0.239 e. The van der Waals surface area contributed by atoms with Gasteiger partial charge in [-0.25, -0.2) is 0 Å². The van der Waals surface area contributed by atoms with Gasteiger partial charge < -0.3 is 14.8 Å². The third-order valence-corrected chi connectivity index (χ3v) is 2.33. The minimum Gasteiger partial charge on any atom is -0.494 e. The molecule has 0 saturated carbocycles. The highest BCUT2D eigenvalue weighted by atomic mass is 16.5. The van der Waals surface area contributed by atoms with Gasteiger partial charge >= 0.3 is 0 Å². The highest BCUT2D eigenvalue weighted by Gasteiger charge is 2.01. The molecule has 1 aromatic carbocycles. The summed E-state index contributed by atoms with van der Waals surface area (Å²) in [7, 11) is 0. The van der Waals surface area contributed by atoms with Crippen molar-refractivity contribution in [1.29, 1.82) is 0 Å². The van der Waals surface area contributed by atoms with E-state index in [0.717, 1.165) is 12.3 Å². The van der Waals surface area contributed by atoms with Crippen molar-refractivity contribution in [2.75, 3.05) is 18.5 Å². The third-order valence-electron chi connectivity index (χ3n) is 2.33. The lowest BCUT2D eigenvalue weighted by atomic mass is 10.3. The van der Waals surface area contributed by atoms with Gasteiger partial charge in [-0.1, -0.05) is 0 Å². The van der Waals surface area contributed by atoms with Crippen LogP contribution in [0.1, 0.15) is 13.8 Å². The molecule has 19 heavy (non-hydrogen) atoms. The summed E-state index contributed by atoms with van der Waals surface area (Å²) in [6.07, 6.45) is 3.24. The molecule has 1 aromatic heterocycles. The number of aromatic nitrogens is 2. The Bertz CT molecular complexity index is 514. The van der Waals surface area contributed by atoms with Crippen molar-refractivity contribution < 1.29 is 9.47 Å². The van der Waals surface area contributed by atoms with Gasteiger partial charge in [0.1, 0.15) is 17.3 Å². The van der Waals surface area contributed by atoms with Gasteiger partial charge in [0.15, 0.2) is 0 Å². The molecule has 100 valence electrons. The van der Waals surface area contributed by atoms with E-state index in [2.05, 4.69) is 15.3 Å². The SMILES string of the molecule is CCNc1cncc(Oc2ccc(OCC)cc2)n1. The Morgan fingerprint density at radius 1 is 1.05 bits per heavy atom. The summed E-state index contributed by atoms with van der Waals surface area (Å²) in [6, 6.07) is 7.40. The molecule has 1 heterocycles. The molecule has 2 rings (SSSR count). The number of hydrogen-bond acceptors (Lipinski definition) is 5. The first kappa shape index (κ1) is 13.1. The molecule has 0 spiro atoms. The molecule has 0 aliphatic carbocycles. The summed E-state index contributed by atoms with van der Waals surface area (Å²) >= 11 is 0. The molecule has 0 atom stereocenters. The second kappa shape index (κ2) is 6.58. The Labute approximate surface area is 112 Å². The van der Waals surface area contributed by atoms with Crippen LogP contribution < -0.4 is 14.8 Å². The van der Waals surface area contributed by atoms with Gasteiger partial charge in [-0.05, 0) is 38.1 Å². The van der Waals surface area contributed by atoms with Crippen LogP contribution in [-0.4, -0.2) is 23.1 Å². The third kappa shape index (κ3) is 3.84. The quantitative estimate of drug-likeness (QED) is 0.863. The van der Waals surface area contributed by atoms with Crippen molar-refractivity contribution >= 4 is 5.82 Å². The standard InChI is InChI=1S/C14H17N3O2/c1-3-16-13-9-15-10-14(17-13)19-12-7-5-11(6-8-12)18-4-2/h5-10H,3-4H2,1-2H3,(H,16,17). The van der Waals surface area contributed by atoms with Crippen molar-refractivity contribution in [1.82, 2.24) is 9.97 Å². The average molecular weight is 259 g/mol. The zero-order chi connectivity index (χ0) is 13.5. The minimum absolute atomic E-state index is 0.461. The highest BCUT2D eigenvalue weighted by Crippen LogP contribution is 2.22. The Morgan fingerprint density at radius 3 is 2.47 bits per heavy atom. The fourth-order valence-electron chi connectivity index (χ4n) is 1.55. The summed E-state index contributed by atoms with van der Waals surface area (Å²) in [5.74, 6) is 2.68. The first-order chi connectivity index (χ1) is 9.31. The number of rotatable bonds is 6. The van der Waals surface area contributed by atoms with Crippen LogP contribution in [0.15, 0.2) is 36.7 Å². The molecule has 0 radical (unpaired) electrons. The van der Waals surface area contributed by atoms with E-state index < -0.39 is 0 Å². The second-order valence-corrected chi connectivity index (χ2v) is 3.78. The lowest BCUT2D eigenvalue weighted by molar-refractivity contribution is 0.339. The van der Waals surface area contributed by atoms with Crippen LogP contribution in [0, 0.1) is 0 Å². The van der Waals surface area contributed by atoms with E-state index in [4.69, 9.17) is 9.47 Å². The first-order valence-corrected chi connectivity index (χ1v) is 6.28. The Hall–Kier alpha value is -2.30. The molecule has 2 aromatic rings. The zero-order valence-electron chi connectivity index (χ0n) is 11.1. The number of benzene rings is 1. The first-order valence-electron chi connectivity index (χ1n) is 6.28. The number of hydrogen-bond donors (Lipinski definition) is 1. The monoisotopic (exact) mass is 259 g/mol. The fraction of sp³-hybridized carbons (Fsp3) is 0.286. The summed E-state index contributed by atoms with van der Waals surface area (Å²) in [6.45, 7) is 5.39. The Kier molecular flexibility index (Phi) is 4.55. The predicted octanol–water partition coefficient (Wildman–Crippen LogP) is 3.10. The number of nitrogens with one attached hydrogen (secondary N) is 1. The minimum atomic E-state index is 0.461. The maximum absolute atomic E-state index is 5.63. The topological polar surface area (TPSA) is 56.3 Å². The lowest BCUT2D eigenvalue weighted by Gasteiger charge is -2.07. The highest BCUT2D eigenvalue weighted by molar-refractivity contribution is 5.36. The molecule has 0 amide bonds. The van der Waals surface area contributed by atoms with Crippen molar-refractivity contribution in [3.05, 3.63) is 36.7 Å². The zero-order valence-corrected chi connectivity index (χ0v) is 11.1. The molecule has 0 aliphatic heterocycles. The van der Waals surface area contributed by atoms with Gasteiger partial charge in [0.2, 0.25) is 5.88 Å². The number of anilines is 1. The van der Waals surface area contributed by atoms with Gasteiger partial charge in [-0.2, -0.15) is 4.98 Å². The Morgan fingerprint density at radius 2 is 1.79 bits per heavy atom. The van der Waals surface area contributed by atoms with Crippen LogP contribution >= 0.6 is 0 Å². The lowest BCUT2D eigenvalue weighted by Crippen LogP contribution is -2.00. The van der Waals surface area contributed by atoms with Crippen LogP contribution in [0.2, 0.25) is 0 Å². The molecule has 0 unspecified atom stereocenters. The van der Waals surface area contributed by atoms with Crippen LogP contribution in [0.25, 0.3) is 0 Å². The largest absolute Gasteiger partial charge is 0.494 e. The van der Waals surface area contributed by atoms with E-state index in [9.17, 15) is 0 Å². The van der Waals surface area contributed by atoms with E-state index in [1.54, 1.807) is 12.4 Å².